The van der Waals surface area contributed by atoms with Crippen LogP contribution < -0.4 is 10.1 Å². The standard InChI is InChI=1S/C13H10BrF2N3O2/c1-7(14)13(20)19-11-5-18-12(6-17-11)21-10-3-2-8(15)4-9(10)16/h2-7H,1H3,(H,17,19,20)/t7-/m0/s1. The zero-order valence-corrected chi connectivity index (χ0v) is 12.4. The summed E-state index contributed by atoms with van der Waals surface area (Å²) in [6.45, 7) is 1.66. The van der Waals surface area contributed by atoms with Gasteiger partial charge in [0.25, 0.3) is 0 Å². The normalized spacial score (nSPS) is 11.8. The first-order chi connectivity index (χ1) is 9.95. The maximum absolute atomic E-state index is 13.4. The summed E-state index contributed by atoms with van der Waals surface area (Å²) in [4.78, 5) is 18.8. The molecular weight excluding hydrogens is 348 g/mol. The van der Waals surface area contributed by atoms with Gasteiger partial charge < -0.3 is 10.1 Å². The van der Waals surface area contributed by atoms with Crippen LogP contribution in [0.4, 0.5) is 14.6 Å². The maximum Gasteiger partial charge on any atom is 0.239 e. The summed E-state index contributed by atoms with van der Waals surface area (Å²) in [7, 11) is 0. The van der Waals surface area contributed by atoms with Crippen LogP contribution in [0, 0.1) is 11.6 Å². The Morgan fingerprint density at radius 2 is 2.10 bits per heavy atom. The van der Waals surface area contributed by atoms with E-state index in [-0.39, 0.29) is 28.2 Å². The van der Waals surface area contributed by atoms with Gasteiger partial charge in [-0.25, -0.2) is 18.7 Å². The van der Waals surface area contributed by atoms with Gasteiger partial charge in [-0.3, -0.25) is 4.79 Å². The second-order valence-electron chi connectivity index (χ2n) is 4.02. The lowest BCUT2D eigenvalue weighted by molar-refractivity contribution is -0.115. The Kier molecular flexibility index (Phi) is 4.79. The van der Waals surface area contributed by atoms with Crippen LogP contribution in [0.25, 0.3) is 0 Å². The summed E-state index contributed by atoms with van der Waals surface area (Å²) in [5.74, 6) is -1.74. The lowest BCUT2D eigenvalue weighted by Crippen LogP contribution is -2.20. The minimum atomic E-state index is -0.845. The smallest absolute Gasteiger partial charge is 0.239 e. The van der Waals surface area contributed by atoms with Gasteiger partial charge in [0, 0.05) is 6.07 Å². The number of amides is 1. The maximum atomic E-state index is 13.4. The molecule has 110 valence electrons. The molecule has 0 bridgehead atoms. The van der Waals surface area contributed by atoms with E-state index in [1.807, 2.05) is 0 Å². The van der Waals surface area contributed by atoms with E-state index in [0.29, 0.717) is 6.07 Å². The number of hydrogen-bond donors (Lipinski definition) is 1. The van der Waals surface area contributed by atoms with Crippen LogP contribution in [0.2, 0.25) is 0 Å². The summed E-state index contributed by atoms with van der Waals surface area (Å²) >= 11 is 3.11. The number of carbonyl (C=O) groups excluding carboxylic acids is 1. The number of nitrogens with zero attached hydrogens (tertiary/aromatic N) is 2. The summed E-state index contributed by atoms with van der Waals surface area (Å²) in [6.07, 6.45) is 2.49. The first-order valence-electron chi connectivity index (χ1n) is 5.85. The third-order valence-corrected chi connectivity index (χ3v) is 2.76. The molecule has 1 aromatic carbocycles. The molecule has 0 fully saturated rings. The fourth-order valence-electron chi connectivity index (χ4n) is 1.33. The van der Waals surface area contributed by atoms with E-state index in [0.717, 1.165) is 12.1 Å². The van der Waals surface area contributed by atoms with Gasteiger partial charge in [0.1, 0.15) is 5.82 Å². The predicted octanol–water partition coefficient (Wildman–Crippen LogP) is 3.27. The van der Waals surface area contributed by atoms with E-state index < -0.39 is 11.6 Å². The first-order valence-corrected chi connectivity index (χ1v) is 6.77. The molecule has 0 spiro atoms. The minimum absolute atomic E-state index is 0.0189. The average molecular weight is 358 g/mol. The molecule has 1 atom stereocenters. The molecule has 1 heterocycles. The summed E-state index contributed by atoms with van der Waals surface area (Å²) in [6, 6.07) is 2.92. The third-order valence-electron chi connectivity index (χ3n) is 2.35. The number of hydrogen-bond acceptors (Lipinski definition) is 4. The van der Waals surface area contributed by atoms with Gasteiger partial charge >= 0.3 is 0 Å². The lowest BCUT2D eigenvalue weighted by atomic mass is 10.3. The molecule has 21 heavy (non-hydrogen) atoms. The molecule has 0 unspecified atom stereocenters. The van der Waals surface area contributed by atoms with Gasteiger partial charge in [0.2, 0.25) is 11.8 Å². The Labute approximate surface area is 127 Å². The van der Waals surface area contributed by atoms with Crippen molar-refractivity contribution < 1.29 is 18.3 Å². The Morgan fingerprint density at radius 3 is 2.67 bits per heavy atom. The Hall–Kier alpha value is -2.09. The molecule has 0 saturated carbocycles. The molecule has 1 amide bonds. The lowest BCUT2D eigenvalue weighted by Gasteiger charge is -2.07. The molecule has 1 aromatic heterocycles. The topological polar surface area (TPSA) is 64.1 Å². The number of ether oxygens (including phenoxy) is 1. The highest BCUT2D eigenvalue weighted by atomic mass is 79.9. The second-order valence-corrected chi connectivity index (χ2v) is 5.40. The summed E-state index contributed by atoms with van der Waals surface area (Å²) in [5.41, 5.74) is 0. The summed E-state index contributed by atoms with van der Waals surface area (Å²) < 4.78 is 31.3. The first kappa shape index (κ1) is 15.3. The number of benzene rings is 1. The van der Waals surface area contributed by atoms with Crippen LogP contribution in [0.15, 0.2) is 30.6 Å². The number of rotatable bonds is 4. The van der Waals surface area contributed by atoms with E-state index >= 15 is 0 Å². The van der Waals surface area contributed by atoms with Crippen LogP contribution in [-0.2, 0) is 4.79 Å². The number of carbonyl (C=O) groups is 1. The monoisotopic (exact) mass is 357 g/mol. The van der Waals surface area contributed by atoms with Gasteiger partial charge in [-0.1, -0.05) is 15.9 Å². The molecule has 0 aliphatic carbocycles. The molecule has 0 aliphatic rings. The SMILES string of the molecule is C[C@H](Br)C(=O)Nc1cnc(Oc2ccc(F)cc2F)cn1. The van der Waals surface area contributed by atoms with Crippen molar-refractivity contribution in [3.63, 3.8) is 0 Å². The van der Waals surface area contributed by atoms with Crippen LogP contribution >= 0.6 is 15.9 Å². The van der Waals surface area contributed by atoms with Crippen LogP contribution in [0.5, 0.6) is 11.6 Å². The molecular formula is C13H10BrF2N3O2. The number of nitrogens with one attached hydrogen (secondary N) is 1. The molecule has 0 aliphatic heterocycles. The van der Waals surface area contributed by atoms with E-state index in [4.69, 9.17) is 4.74 Å². The largest absolute Gasteiger partial charge is 0.434 e. The van der Waals surface area contributed by atoms with Crippen molar-refractivity contribution >= 4 is 27.7 Å². The van der Waals surface area contributed by atoms with E-state index in [1.165, 1.54) is 12.4 Å². The van der Waals surface area contributed by atoms with Crippen LogP contribution in [-0.4, -0.2) is 20.7 Å². The van der Waals surface area contributed by atoms with Gasteiger partial charge in [-0.15, -0.1) is 0 Å². The highest BCUT2D eigenvalue weighted by Gasteiger charge is 2.11. The van der Waals surface area contributed by atoms with Crippen molar-refractivity contribution in [1.82, 2.24) is 9.97 Å². The second kappa shape index (κ2) is 6.57. The fourth-order valence-corrected chi connectivity index (χ4v) is 1.44. The number of alkyl halides is 1. The number of aromatic nitrogens is 2. The van der Waals surface area contributed by atoms with Crippen molar-refractivity contribution in [1.29, 1.82) is 0 Å². The van der Waals surface area contributed by atoms with E-state index in [9.17, 15) is 13.6 Å². The van der Waals surface area contributed by atoms with Crippen molar-refractivity contribution in [3.05, 3.63) is 42.2 Å². The zero-order chi connectivity index (χ0) is 15.4. The highest BCUT2D eigenvalue weighted by molar-refractivity contribution is 9.10. The Balaban J connectivity index is 2.07. The molecule has 8 heteroatoms. The quantitative estimate of drug-likeness (QED) is 0.853. The molecule has 1 N–H and O–H groups in total. The van der Waals surface area contributed by atoms with E-state index in [1.54, 1.807) is 6.92 Å². The minimum Gasteiger partial charge on any atom is -0.434 e. The fraction of sp³-hybridized carbons (Fsp3) is 0.154. The molecule has 0 radical (unpaired) electrons. The zero-order valence-electron chi connectivity index (χ0n) is 10.8. The van der Waals surface area contributed by atoms with Gasteiger partial charge in [-0.2, -0.15) is 0 Å². The Morgan fingerprint density at radius 1 is 1.33 bits per heavy atom. The number of halogens is 3. The highest BCUT2D eigenvalue weighted by Crippen LogP contribution is 2.23. The average Bonchev–Trinajstić information content (AvgIpc) is 2.43. The van der Waals surface area contributed by atoms with Crippen LogP contribution in [0.3, 0.4) is 0 Å². The van der Waals surface area contributed by atoms with E-state index in [2.05, 4.69) is 31.2 Å². The van der Waals surface area contributed by atoms with Crippen molar-refractivity contribution in [3.8, 4) is 11.6 Å². The molecule has 5 nitrogen and oxygen atoms in total. The van der Waals surface area contributed by atoms with Crippen molar-refractivity contribution in [2.45, 2.75) is 11.8 Å². The molecule has 0 saturated heterocycles. The molecule has 2 aromatic rings. The Bertz CT molecular complexity index is 650. The number of anilines is 1. The van der Waals surface area contributed by atoms with Crippen LogP contribution in [0.1, 0.15) is 6.92 Å². The van der Waals surface area contributed by atoms with Crippen molar-refractivity contribution in [2.24, 2.45) is 0 Å². The predicted molar refractivity (Wildman–Crippen MR) is 75.5 cm³/mol. The van der Waals surface area contributed by atoms with Gasteiger partial charge in [0.05, 0.1) is 17.2 Å². The summed E-state index contributed by atoms with van der Waals surface area (Å²) in [5, 5.41) is 2.51. The van der Waals surface area contributed by atoms with Gasteiger partial charge in [0.15, 0.2) is 17.4 Å². The van der Waals surface area contributed by atoms with Crippen molar-refractivity contribution in [2.75, 3.05) is 5.32 Å². The third kappa shape index (κ3) is 4.19. The molecule has 2 rings (SSSR count). The van der Waals surface area contributed by atoms with Gasteiger partial charge in [-0.05, 0) is 19.1 Å².